The van der Waals surface area contributed by atoms with Gasteiger partial charge >= 0.3 is 0 Å². The highest BCUT2D eigenvalue weighted by molar-refractivity contribution is 6.91. The number of hydrogen-bond acceptors (Lipinski definition) is 5. The summed E-state index contributed by atoms with van der Waals surface area (Å²) in [4.78, 5) is 13.3. The molecule has 0 amide bonds. The van der Waals surface area contributed by atoms with Crippen LogP contribution in [-0.2, 0) is 22.6 Å². The second-order valence-electron chi connectivity index (χ2n) is 12.7. The number of benzene rings is 1. The topological polar surface area (TPSA) is 68.9 Å². The molecule has 1 N–H and O–H groups in total. The van der Waals surface area contributed by atoms with Crippen LogP contribution in [0.2, 0.25) is 18.1 Å². The fourth-order valence-electron chi connectivity index (χ4n) is 5.69. The highest BCUT2D eigenvalue weighted by Crippen LogP contribution is 2.44. The van der Waals surface area contributed by atoms with Crippen LogP contribution in [0.4, 0.5) is 0 Å². The van der Waals surface area contributed by atoms with Gasteiger partial charge in [0.25, 0.3) is 0 Å². The van der Waals surface area contributed by atoms with E-state index < -0.39 is 14.2 Å². The van der Waals surface area contributed by atoms with Gasteiger partial charge in [0.2, 0.25) is 0 Å². The van der Waals surface area contributed by atoms with Crippen LogP contribution in [0.3, 0.4) is 0 Å². The summed E-state index contributed by atoms with van der Waals surface area (Å²) in [5.41, 5.74) is 4.59. The number of rotatable bonds is 11. The van der Waals surface area contributed by atoms with Crippen molar-refractivity contribution in [3.63, 3.8) is 0 Å². The summed E-state index contributed by atoms with van der Waals surface area (Å²) in [6.45, 7) is 12.9. The molecule has 0 spiro atoms. The van der Waals surface area contributed by atoms with Gasteiger partial charge < -0.3 is 19.0 Å². The second-order valence-corrected chi connectivity index (χ2v) is 17.9. The highest BCUT2D eigenvalue weighted by Gasteiger charge is 2.47. The van der Waals surface area contributed by atoms with Gasteiger partial charge in [0, 0.05) is 30.4 Å². The van der Waals surface area contributed by atoms with Crippen molar-refractivity contribution in [1.82, 2.24) is 0 Å². The van der Waals surface area contributed by atoms with E-state index in [0.29, 0.717) is 19.4 Å². The van der Waals surface area contributed by atoms with Crippen molar-refractivity contribution < 1.29 is 23.8 Å². The zero-order valence-corrected chi connectivity index (χ0v) is 25.1. The molecule has 0 radical (unpaired) electrons. The van der Waals surface area contributed by atoms with Crippen molar-refractivity contribution in [2.75, 3.05) is 13.7 Å². The molecule has 0 saturated heterocycles. The monoisotopic (exact) mass is 538 g/mol. The van der Waals surface area contributed by atoms with Gasteiger partial charge in [0.15, 0.2) is 0 Å². The standard InChI is InChI=1S/C32H46O5Si/c1-32(2,3)38(5,6)31-26-19-29(33)27-18-23(17-25(30(27)34)28(26)21-37-31)11-9-7-8-10-16-36-20-22-12-14-24(35-4)15-13-22/h12-15,17,21,25,27,30,34H,7-11,16,18-20H2,1-6H3/t25-,27+,30+/m0/s1. The minimum atomic E-state index is -1.94. The van der Waals surface area contributed by atoms with Crippen LogP contribution in [0.15, 0.2) is 46.6 Å². The Morgan fingerprint density at radius 1 is 1.08 bits per heavy atom. The Bertz CT molecular complexity index is 1120. The third-order valence-corrected chi connectivity index (χ3v) is 14.4. The van der Waals surface area contributed by atoms with Crippen LogP contribution >= 0.6 is 0 Å². The number of hydrogen-bond donors (Lipinski definition) is 1. The van der Waals surface area contributed by atoms with Crippen molar-refractivity contribution in [2.45, 2.75) is 102 Å². The van der Waals surface area contributed by atoms with Gasteiger partial charge in [-0.15, -0.1) is 0 Å². The van der Waals surface area contributed by atoms with Gasteiger partial charge in [-0.25, -0.2) is 0 Å². The summed E-state index contributed by atoms with van der Waals surface area (Å²) >= 11 is 0. The van der Waals surface area contributed by atoms with Gasteiger partial charge in [-0.05, 0) is 54.0 Å². The number of aliphatic hydroxyl groups excluding tert-OH is 1. The first-order chi connectivity index (χ1) is 18.0. The van der Waals surface area contributed by atoms with E-state index in [9.17, 15) is 9.90 Å². The summed E-state index contributed by atoms with van der Waals surface area (Å²) in [6.07, 6.45) is 9.94. The Labute approximate surface area is 229 Å². The van der Waals surface area contributed by atoms with E-state index >= 15 is 0 Å². The van der Waals surface area contributed by atoms with Crippen molar-refractivity contribution >= 4 is 19.2 Å². The highest BCUT2D eigenvalue weighted by atomic mass is 28.3. The van der Waals surface area contributed by atoms with Gasteiger partial charge in [-0.2, -0.15) is 0 Å². The van der Waals surface area contributed by atoms with Gasteiger partial charge in [-0.3, -0.25) is 4.79 Å². The number of furan rings is 1. The molecule has 0 aliphatic heterocycles. The summed E-state index contributed by atoms with van der Waals surface area (Å²) in [5.74, 6) is 0.591. The van der Waals surface area contributed by atoms with Crippen molar-refractivity contribution in [3.05, 3.63) is 58.9 Å². The first-order valence-electron chi connectivity index (χ1n) is 14.2. The molecular weight excluding hydrogens is 492 g/mol. The fourth-order valence-corrected chi connectivity index (χ4v) is 7.71. The molecule has 1 heterocycles. The average Bonchev–Trinajstić information content (AvgIpc) is 3.28. The number of Topliss-reactive ketones (excluding diaryl/α,β-unsaturated/α-hetero) is 1. The molecule has 2 aliphatic carbocycles. The lowest BCUT2D eigenvalue weighted by atomic mass is 9.76. The minimum absolute atomic E-state index is 0.114. The predicted molar refractivity (Wildman–Crippen MR) is 155 cm³/mol. The molecule has 2 aliphatic rings. The molecule has 0 fully saturated rings. The third kappa shape index (κ3) is 6.18. The SMILES string of the molecule is COc1ccc(COCCCCCCC2=C[C@H]3c4coc([Si](C)(C)C(C)(C)C)c4CC(=O)[C@@H](C2)[C@@H]3O)cc1. The number of fused-ring (bicyclic) bond motifs is 4. The molecule has 0 unspecified atom stereocenters. The maximum atomic E-state index is 13.3. The Morgan fingerprint density at radius 2 is 1.79 bits per heavy atom. The summed E-state index contributed by atoms with van der Waals surface area (Å²) in [7, 11) is -0.269. The van der Waals surface area contributed by atoms with E-state index in [0.717, 1.165) is 66.5 Å². The van der Waals surface area contributed by atoms with Crippen molar-refractivity contribution in [2.24, 2.45) is 5.92 Å². The first kappa shape index (κ1) is 28.8. The number of allylic oxidation sites excluding steroid dienone is 1. The number of carbonyl (C=O) groups excluding carboxylic acids is 1. The molecular formula is C32H46O5Si. The first-order valence-corrected chi connectivity index (χ1v) is 17.2. The zero-order chi connectivity index (χ0) is 27.5. The quantitative estimate of drug-likeness (QED) is 0.196. The Kier molecular flexibility index (Phi) is 9.06. The summed E-state index contributed by atoms with van der Waals surface area (Å²) in [6, 6.07) is 8.00. The molecule has 6 heteroatoms. The Balaban J connectivity index is 1.30. The maximum Gasteiger partial charge on any atom is 0.143 e. The number of ether oxygens (including phenoxy) is 2. The molecule has 2 bridgehead atoms. The van der Waals surface area contributed by atoms with Crippen LogP contribution in [0.5, 0.6) is 5.75 Å². The molecule has 0 saturated carbocycles. The van der Waals surface area contributed by atoms with E-state index in [1.807, 2.05) is 30.5 Å². The third-order valence-electron chi connectivity index (χ3n) is 9.13. The second kappa shape index (κ2) is 11.9. The van der Waals surface area contributed by atoms with Crippen LogP contribution in [0.1, 0.15) is 81.9 Å². The van der Waals surface area contributed by atoms with E-state index in [4.69, 9.17) is 13.9 Å². The normalized spacial score (nSPS) is 21.6. The summed E-state index contributed by atoms with van der Waals surface area (Å²) < 4.78 is 17.3. The van der Waals surface area contributed by atoms with E-state index in [-0.39, 0.29) is 22.7 Å². The molecule has 5 nitrogen and oxygen atoms in total. The van der Waals surface area contributed by atoms with Gasteiger partial charge in [0.05, 0.1) is 31.5 Å². The molecule has 4 rings (SSSR count). The number of aliphatic hydroxyl groups is 1. The molecule has 1 aromatic carbocycles. The van der Waals surface area contributed by atoms with Crippen molar-refractivity contribution in [1.29, 1.82) is 0 Å². The molecule has 1 aromatic heterocycles. The van der Waals surface area contributed by atoms with Crippen LogP contribution < -0.4 is 10.1 Å². The number of methoxy groups -OCH3 is 1. The maximum absolute atomic E-state index is 13.3. The fraction of sp³-hybridized carbons (Fsp3) is 0.594. The van der Waals surface area contributed by atoms with Crippen LogP contribution in [0, 0.1) is 5.92 Å². The lowest BCUT2D eigenvalue weighted by Gasteiger charge is -2.35. The Morgan fingerprint density at radius 3 is 2.47 bits per heavy atom. The molecule has 2 aromatic rings. The minimum Gasteiger partial charge on any atom is -0.497 e. The van der Waals surface area contributed by atoms with Crippen molar-refractivity contribution in [3.8, 4) is 5.75 Å². The Hall–Kier alpha value is -2.15. The molecule has 38 heavy (non-hydrogen) atoms. The number of unbranched alkanes of at least 4 members (excludes halogenated alkanes) is 3. The number of carbonyl (C=O) groups is 1. The zero-order valence-electron chi connectivity index (χ0n) is 24.1. The smallest absolute Gasteiger partial charge is 0.143 e. The van der Waals surface area contributed by atoms with E-state index in [1.165, 1.54) is 5.57 Å². The average molecular weight is 539 g/mol. The van der Waals surface area contributed by atoms with E-state index in [2.05, 4.69) is 39.9 Å². The van der Waals surface area contributed by atoms with Gasteiger partial charge in [-0.1, -0.05) is 70.5 Å². The molecule has 208 valence electrons. The lowest BCUT2D eigenvalue weighted by molar-refractivity contribution is -0.125. The van der Waals surface area contributed by atoms with E-state index in [1.54, 1.807) is 7.11 Å². The number of ketones is 1. The summed E-state index contributed by atoms with van der Waals surface area (Å²) in [5, 5.41) is 12.3. The van der Waals surface area contributed by atoms with Gasteiger partial charge in [0.1, 0.15) is 19.6 Å². The molecule has 3 atom stereocenters. The lowest BCUT2D eigenvalue weighted by Crippen LogP contribution is -2.50. The van der Waals surface area contributed by atoms with Crippen LogP contribution in [0.25, 0.3) is 0 Å². The predicted octanol–water partition coefficient (Wildman–Crippen LogP) is 6.69. The largest absolute Gasteiger partial charge is 0.497 e. The van der Waals surface area contributed by atoms with Crippen LogP contribution in [-0.4, -0.2) is 38.8 Å².